The molecule has 0 bridgehead atoms. The molecule has 0 nitrogen and oxygen atoms in total. The molecule has 0 aromatic heterocycles. The van der Waals surface area contributed by atoms with E-state index in [9.17, 15) is 105 Å². The van der Waals surface area contributed by atoms with Crippen molar-refractivity contribution in [3.8, 4) is 0 Å². The van der Waals surface area contributed by atoms with Crippen LogP contribution in [0.1, 0.15) is 95.9 Å². The predicted molar refractivity (Wildman–Crippen MR) is 224 cm³/mol. The van der Waals surface area contributed by atoms with Gasteiger partial charge in [0.25, 0.3) is 0 Å². The molecule has 2 aliphatic rings. The zero-order valence-electron chi connectivity index (χ0n) is 37.2. The Bertz CT molecular complexity index is 2110. The molecule has 409 valence electrons. The summed E-state index contributed by atoms with van der Waals surface area (Å²) in [7, 11) is 0. The van der Waals surface area contributed by atoms with Crippen LogP contribution in [-0.2, 0) is 69.5 Å². The minimum Gasteiger partial charge on any atom is -0.194 e. The smallest absolute Gasteiger partial charge is 0.194 e. The van der Waals surface area contributed by atoms with Crippen molar-refractivity contribution in [3.05, 3.63) is 166 Å². The molecule has 74 heavy (non-hydrogen) atoms. The number of benzene rings is 4. The van der Waals surface area contributed by atoms with Gasteiger partial charge in [-0.25, -0.2) is 0 Å². The first-order valence-corrected chi connectivity index (χ1v) is 21.2. The molecular weight excluding hydrogens is 1240 g/mol. The number of allylic oxidation sites excluding steroid dienone is 8. The number of hydrogen-bond acceptors (Lipinski definition) is 0. The Labute approximate surface area is 419 Å². The molecule has 4 aromatic carbocycles. The van der Waals surface area contributed by atoms with Crippen molar-refractivity contribution in [3.63, 3.8) is 0 Å². The number of hydrogen-bond donors (Lipinski definition) is 0. The first-order valence-electron chi connectivity index (χ1n) is 21.2. The summed E-state index contributed by atoms with van der Waals surface area (Å²) in [5.74, 6) is 0. The monoisotopic (exact) mass is 1270 g/mol. The molecule has 1 radical (unpaired) electrons. The summed E-state index contributed by atoms with van der Waals surface area (Å²) in [5, 5.41) is 0. The van der Waals surface area contributed by atoms with Gasteiger partial charge in [-0.3, -0.25) is 0 Å². The van der Waals surface area contributed by atoms with Crippen LogP contribution >= 0.6 is 0 Å². The van der Waals surface area contributed by atoms with Gasteiger partial charge < -0.3 is 0 Å². The van der Waals surface area contributed by atoms with E-state index in [2.05, 4.69) is 48.6 Å². The van der Waals surface area contributed by atoms with E-state index in [1.165, 1.54) is 51.4 Å². The van der Waals surface area contributed by atoms with Crippen LogP contribution in [0.15, 0.2) is 121 Å². The fraction of sp³-hybridized carbons (Fsp3) is 0.333. The summed E-state index contributed by atoms with van der Waals surface area (Å²) >= 11 is 0. The normalized spacial score (nSPS) is 15.4. The van der Waals surface area contributed by atoms with Gasteiger partial charge in [0.1, 0.15) is 6.15 Å². The number of alkyl halides is 24. The summed E-state index contributed by atoms with van der Waals surface area (Å²) < 4.78 is 341. The molecule has 0 saturated heterocycles. The maximum atomic E-state index is 14.2. The Hall–Kier alpha value is -5.13. The molecule has 2 aliphatic carbocycles. The van der Waals surface area contributed by atoms with Crippen LogP contribution in [0.2, 0.25) is 0 Å². The van der Waals surface area contributed by atoms with Crippen LogP contribution in [0, 0.1) is 0 Å². The molecule has 0 fully saturated rings. The molecule has 6 rings (SSSR count). The van der Waals surface area contributed by atoms with Crippen molar-refractivity contribution < 1.29 is 125 Å². The molecular formula is C48H36BF24Ir-. The van der Waals surface area contributed by atoms with Crippen LogP contribution in [-0.4, -0.2) is 6.15 Å². The van der Waals surface area contributed by atoms with Crippen molar-refractivity contribution in [2.45, 2.75) is 101 Å². The van der Waals surface area contributed by atoms with E-state index in [0.29, 0.717) is 0 Å². The zero-order valence-corrected chi connectivity index (χ0v) is 39.6. The van der Waals surface area contributed by atoms with Gasteiger partial charge in [0, 0.05) is 20.1 Å². The van der Waals surface area contributed by atoms with Gasteiger partial charge in [-0.15, -0.1) is 0 Å². The second kappa shape index (κ2) is 23.8. The van der Waals surface area contributed by atoms with Gasteiger partial charge in [0.2, 0.25) is 0 Å². The molecule has 0 N–H and O–H groups in total. The zero-order chi connectivity index (χ0) is 55.2. The van der Waals surface area contributed by atoms with Crippen LogP contribution in [0.4, 0.5) is 105 Å². The van der Waals surface area contributed by atoms with Crippen molar-refractivity contribution in [2.75, 3.05) is 0 Å². The second-order valence-electron chi connectivity index (χ2n) is 16.4. The fourth-order valence-electron chi connectivity index (χ4n) is 7.78. The van der Waals surface area contributed by atoms with Crippen LogP contribution < -0.4 is 21.9 Å². The number of halogens is 24. The average molecular weight is 1270 g/mol. The largest absolute Gasteiger partial charge is 0.416 e. The molecule has 0 atom stereocenters. The Balaban J connectivity index is 0.000000717. The van der Waals surface area contributed by atoms with Gasteiger partial charge in [-0.2, -0.15) is 127 Å². The van der Waals surface area contributed by atoms with Gasteiger partial charge in [-0.1, -0.05) is 97.1 Å². The predicted octanol–water partition coefficient (Wildman–Crippen LogP) is 16.6. The van der Waals surface area contributed by atoms with E-state index in [0.717, 1.165) is 0 Å². The standard InChI is InChI=1S/C32H12BF24.2C8H12.Ir/c34-25(35,36)13-1-14(26(37,38)39)6-21(5-13)33(22-7-15(27(40,41)42)2-16(8-22)28(43,44)45,23-9-17(29(46,47)48)3-18(10-23)30(49,50)51)24-11-19(31(52,53)54)4-20(12-24)32(55,56)57;2*1-2-4-6-8-7-5-3-1;/h1-12H;2*1-2,7-8H,3-6H2;/q-1;;;. The van der Waals surface area contributed by atoms with Crippen LogP contribution in [0.25, 0.3) is 0 Å². The van der Waals surface area contributed by atoms with E-state index >= 15 is 0 Å². The summed E-state index contributed by atoms with van der Waals surface area (Å²) in [6.45, 7) is 0. The van der Waals surface area contributed by atoms with E-state index in [-0.39, 0.29) is 20.1 Å². The van der Waals surface area contributed by atoms with Crippen molar-refractivity contribution >= 4 is 28.0 Å². The van der Waals surface area contributed by atoms with E-state index in [4.69, 9.17) is 0 Å². The third kappa shape index (κ3) is 16.9. The number of rotatable bonds is 4. The Morgan fingerprint density at radius 3 is 0.405 bits per heavy atom. The fourth-order valence-corrected chi connectivity index (χ4v) is 7.78. The molecule has 0 aliphatic heterocycles. The second-order valence-corrected chi connectivity index (χ2v) is 16.4. The maximum absolute atomic E-state index is 14.2. The molecule has 0 amide bonds. The molecule has 0 spiro atoms. The SMILES string of the molecule is C1=CCCC=CCC1.C1=CCCC=CCC1.FC(F)(F)c1cc([B-](c2cc(C(F)(F)F)cc(C(F)(F)F)c2)(c2cc(C(F)(F)F)cc(C(F)(F)F)c2)c2cc(C(F)(F)F)cc(C(F)(F)F)c2)cc(C(F)(F)F)c1.[Ir]. The van der Waals surface area contributed by atoms with E-state index in [1.54, 1.807) is 0 Å². The van der Waals surface area contributed by atoms with Gasteiger partial charge >= 0.3 is 49.4 Å². The first kappa shape index (κ1) is 63.2. The molecule has 4 aromatic rings. The Kier molecular flexibility index (Phi) is 20.3. The molecule has 26 heteroatoms. The average Bonchev–Trinajstić information content (AvgIpc) is 3.21. The van der Waals surface area contributed by atoms with Gasteiger partial charge in [-0.05, 0) is 75.6 Å². The summed E-state index contributed by atoms with van der Waals surface area (Å²) in [6, 6.07) is -8.81. The van der Waals surface area contributed by atoms with Crippen molar-refractivity contribution in [2.24, 2.45) is 0 Å². The Morgan fingerprint density at radius 2 is 0.311 bits per heavy atom. The maximum Gasteiger partial charge on any atom is 0.416 e. The Morgan fingerprint density at radius 1 is 0.203 bits per heavy atom. The minimum atomic E-state index is -6.13. The van der Waals surface area contributed by atoms with E-state index < -0.39 is 195 Å². The quantitative estimate of drug-likeness (QED) is 0.109. The van der Waals surface area contributed by atoms with Crippen LogP contribution in [0.3, 0.4) is 0 Å². The van der Waals surface area contributed by atoms with Crippen molar-refractivity contribution in [1.29, 1.82) is 0 Å². The third-order valence-electron chi connectivity index (χ3n) is 11.1. The topological polar surface area (TPSA) is 0 Å². The van der Waals surface area contributed by atoms with Gasteiger partial charge in [0.05, 0.1) is 44.5 Å². The summed E-state index contributed by atoms with van der Waals surface area (Å²) in [6.07, 6.45) is -26.8. The van der Waals surface area contributed by atoms with Crippen molar-refractivity contribution in [1.82, 2.24) is 0 Å². The third-order valence-corrected chi connectivity index (χ3v) is 11.1. The molecule has 0 unspecified atom stereocenters. The molecule has 0 heterocycles. The first-order chi connectivity index (χ1) is 33.3. The van der Waals surface area contributed by atoms with Crippen LogP contribution in [0.5, 0.6) is 0 Å². The van der Waals surface area contributed by atoms with Gasteiger partial charge in [0.15, 0.2) is 0 Å². The minimum absolute atomic E-state index is 0. The summed E-state index contributed by atoms with van der Waals surface area (Å²) in [5.41, 5.74) is -30.2. The summed E-state index contributed by atoms with van der Waals surface area (Å²) in [4.78, 5) is 0. The van der Waals surface area contributed by atoms with E-state index in [1.807, 2.05) is 0 Å². The molecule has 0 saturated carbocycles.